The van der Waals surface area contributed by atoms with E-state index in [-0.39, 0.29) is 19.3 Å². The Hall–Kier alpha value is -9.59. The molecule has 412 valence electrons. The zero-order valence-electron chi connectivity index (χ0n) is 42.1. The average molecular weight is 1080 g/mol. The zero-order chi connectivity index (χ0) is 56.8. The molecule has 6 aromatic rings. The summed E-state index contributed by atoms with van der Waals surface area (Å²) >= 11 is 0. The summed E-state index contributed by atoms with van der Waals surface area (Å²) in [7, 11) is 0. The van der Waals surface area contributed by atoms with Crippen LogP contribution < -0.4 is 43.0 Å². The molecule has 26 nitrogen and oxygen atoms in total. The van der Waals surface area contributed by atoms with Crippen molar-refractivity contribution in [2.75, 3.05) is 0 Å². The molecule has 0 saturated carbocycles. The van der Waals surface area contributed by atoms with E-state index in [0.29, 0.717) is 49.4 Å². The summed E-state index contributed by atoms with van der Waals surface area (Å²) in [6.45, 7) is 2.40. The summed E-state index contributed by atoms with van der Waals surface area (Å²) in [5.74, 6) is -13.0. The van der Waals surface area contributed by atoms with Gasteiger partial charge >= 0.3 is 23.9 Å². The number of nitrogens with two attached hydrogens (primary N) is 1. The van der Waals surface area contributed by atoms with Gasteiger partial charge in [0.25, 0.3) is 0 Å². The number of para-hydroxylation sites is 3. The van der Waals surface area contributed by atoms with Gasteiger partial charge < -0.3 is 78.3 Å². The van der Waals surface area contributed by atoms with Gasteiger partial charge in [-0.25, -0.2) is 0 Å². The van der Waals surface area contributed by atoms with Gasteiger partial charge in [0.1, 0.15) is 42.3 Å². The SMILES string of the molecule is C[C@H](NC(=O)[C@H](CC(=O)O)NC(=O)[C@H](Cc1c[nH]c2ccccc12)NC(=O)[C@H](CCC(=O)O)NC(=O)[C@H](Cc1c[nH]c2ccccc12)NC(=O)[C@H](C)NC(=O)[C@H](Cc1c[nH]c2ccccc12)NC(=O)[C@@H](N)CC(=O)O)C(=O)O. The first-order valence-corrected chi connectivity index (χ1v) is 24.5. The Morgan fingerprint density at radius 1 is 0.423 bits per heavy atom. The lowest BCUT2D eigenvalue weighted by molar-refractivity contribution is -0.143. The fraction of sp³-hybridized carbons (Fsp3) is 0.327. The molecule has 16 N–H and O–H groups in total. The van der Waals surface area contributed by atoms with Gasteiger partial charge in [0.15, 0.2) is 0 Å². The Morgan fingerprint density at radius 3 is 1.19 bits per heavy atom. The average Bonchev–Trinajstić information content (AvgIpc) is 4.14. The van der Waals surface area contributed by atoms with Crippen LogP contribution in [-0.2, 0) is 72.0 Å². The monoisotopic (exact) mass is 1080 g/mol. The number of carbonyl (C=O) groups is 11. The van der Waals surface area contributed by atoms with Crippen molar-refractivity contribution >= 4 is 97.9 Å². The smallest absolute Gasteiger partial charge is 0.325 e. The van der Waals surface area contributed by atoms with Gasteiger partial charge in [-0.3, -0.25) is 52.7 Å². The van der Waals surface area contributed by atoms with E-state index < -0.39 is 139 Å². The van der Waals surface area contributed by atoms with Crippen LogP contribution in [0, 0.1) is 0 Å². The van der Waals surface area contributed by atoms with E-state index in [9.17, 15) is 73.2 Å². The number of benzene rings is 3. The molecule has 0 aliphatic carbocycles. The predicted octanol–water partition coefficient (Wildman–Crippen LogP) is -0.182. The van der Waals surface area contributed by atoms with Crippen LogP contribution in [0.1, 0.15) is 56.2 Å². The molecule has 78 heavy (non-hydrogen) atoms. The fourth-order valence-corrected chi connectivity index (χ4v) is 8.54. The van der Waals surface area contributed by atoms with Crippen molar-refractivity contribution in [2.24, 2.45) is 5.73 Å². The number of aromatic nitrogens is 3. The normalized spacial score (nSPS) is 14.3. The number of carbonyl (C=O) groups excluding carboxylic acids is 7. The molecule has 3 aromatic heterocycles. The number of carboxylic acid groups (broad SMARTS) is 4. The van der Waals surface area contributed by atoms with Crippen molar-refractivity contribution in [3.05, 3.63) is 108 Å². The van der Waals surface area contributed by atoms with E-state index in [0.717, 1.165) is 6.92 Å². The van der Waals surface area contributed by atoms with Crippen LogP contribution in [-0.4, -0.2) is 149 Å². The lowest BCUT2D eigenvalue weighted by Gasteiger charge is -2.27. The summed E-state index contributed by atoms with van der Waals surface area (Å²) in [5, 5.41) is 57.0. The molecule has 0 aliphatic heterocycles. The highest BCUT2D eigenvalue weighted by atomic mass is 16.4. The Kier molecular flexibility index (Phi) is 19.4. The van der Waals surface area contributed by atoms with Crippen LogP contribution in [0.3, 0.4) is 0 Å². The molecule has 0 spiro atoms. The van der Waals surface area contributed by atoms with Crippen LogP contribution in [0.25, 0.3) is 32.7 Å². The molecule has 0 aliphatic rings. The summed E-state index contributed by atoms with van der Waals surface area (Å²) < 4.78 is 0. The maximum absolute atomic E-state index is 14.6. The van der Waals surface area contributed by atoms with Crippen molar-refractivity contribution in [1.29, 1.82) is 0 Å². The van der Waals surface area contributed by atoms with Crippen molar-refractivity contribution in [1.82, 2.24) is 52.2 Å². The lowest BCUT2D eigenvalue weighted by Crippen LogP contribution is -2.60. The highest BCUT2D eigenvalue weighted by molar-refractivity contribution is 5.99. The number of aromatic amines is 3. The second-order valence-corrected chi connectivity index (χ2v) is 18.5. The van der Waals surface area contributed by atoms with E-state index in [4.69, 9.17) is 5.73 Å². The summed E-state index contributed by atoms with van der Waals surface area (Å²) in [6, 6.07) is 8.23. The lowest BCUT2D eigenvalue weighted by atomic mass is 10.0. The van der Waals surface area contributed by atoms with Crippen molar-refractivity contribution in [3.8, 4) is 0 Å². The third-order valence-electron chi connectivity index (χ3n) is 12.7. The number of carboxylic acids is 4. The van der Waals surface area contributed by atoms with Gasteiger partial charge in [-0.15, -0.1) is 0 Å². The molecule has 6 rings (SSSR count). The standard InChI is InChI=1S/C52H59N11O15/c1-25(57-48(73)38(61-46(71)33(53)20-43(66)67)17-27-22-54-34-12-6-3-9-30(27)34)45(70)60-39(18-28-23-55-35-13-7-4-10-31(28)35)50(75)59-37(15-16-42(64)65)47(72)62-40(19-29-24-56-36-14-8-5-11-32(29)36)51(76)63-41(21-44(68)69)49(74)58-26(2)52(77)78/h3-14,22-26,33,37-41,54-56H,15-21,53H2,1-2H3,(H,57,73)(H,58,74)(H,59,75)(H,60,70)(H,61,71)(H,62,72)(H,63,76)(H,64,65)(H,66,67)(H,68,69)(H,77,78)/t25-,26-,33-,37-,38-,39-,40-,41-/m0/s1. The van der Waals surface area contributed by atoms with Gasteiger partial charge in [0, 0.05) is 77.0 Å². The third-order valence-corrected chi connectivity index (χ3v) is 12.7. The molecule has 0 fully saturated rings. The second kappa shape index (κ2) is 26.3. The molecular formula is C52H59N11O15. The van der Waals surface area contributed by atoms with Crippen molar-refractivity contribution < 1.29 is 73.2 Å². The van der Waals surface area contributed by atoms with Crippen LogP contribution in [0.2, 0.25) is 0 Å². The fourth-order valence-electron chi connectivity index (χ4n) is 8.54. The summed E-state index contributed by atoms with van der Waals surface area (Å²) in [6.07, 6.45) is 0.972. The van der Waals surface area contributed by atoms with Crippen LogP contribution in [0.4, 0.5) is 0 Å². The highest BCUT2D eigenvalue weighted by Crippen LogP contribution is 2.22. The van der Waals surface area contributed by atoms with Gasteiger partial charge in [0.05, 0.1) is 18.9 Å². The molecule has 3 aromatic carbocycles. The first kappa shape index (κ1) is 57.7. The molecule has 0 unspecified atom stereocenters. The number of H-pyrrole nitrogens is 3. The largest absolute Gasteiger partial charge is 0.481 e. The minimum atomic E-state index is -1.85. The Morgan fingerprint density at radius 2 is 0.769 bits per heavy atom. The Bertz CT molecular complexity index is 3240. The number of aliphatic carboxylic acids is 4. The number of rotatable bonds is 28. The molecule has 3 heterocycles. The minimum Gasteiger partial charge on any atom is -0.481 e. The van der Waals surface area contributed by atoms with E-state index >= 15 is 0 Å². The quantitative estimate of drug-likeness (QED) is 0.0303. The van der Waals surface area contributed by atoms with Crippen LogP contribution >= 0.6 is 0 Å². The van der Waals surface area contributed by atoms with Gasteiger partial charge in [0.2, 0.25) is 41.4 Å². The van der Waals surface area contributed by atoms with E-state index in [2.05, 4.69) is 52.2 Å². The van der Waals surface area contributed by atoms with Crippen molar-refractivity contribution in [2.45, 2.75) is 107 Å². The molecule has 0 bridgehead atoms. The van der Waals surface area contributed by atoms with E-state index in [1.807, 2.05) is 0 Å². The zero-order valence-corrected chi connectivity index (χ0v) is 42.1. The third kappa shape index (κ3) is 15.5. The number of hydrogen-bond acceptors (Lipinski definition) is 12. The topological polar surface area (TPSA) is 426 Å². The maximum atomic E-state index is 14.6. The number of amides is 7. The molecule has 26 heteroatoms. The molecular weight excluding hydrogens is 1020 g/mol. The first-order chi connectivity index (χ1) is 37.1. The second-order valence-electron chi connectivity index (χ2n) is 18.5. The molecule has 7 amide bonds. The van der Waals surface area contributed by atoms with E-state index in [1.165, 1.54) is 13.1 Å². The van der Waals surface area contributed by atoms with Crippen LogP contribution in [0.5, 0.6) is 0 Å². The van der Waals surface area contributed by atoms with Gasteiger partial charge in [-0.1, -0.05) is 54.6 Å². The Balaban J connectivity index is 1.27. The first-order valence-electron chi connectivity index (χ1n) is 24.5. The molecule has 8 atom stereocenters. The molecule has 0 radical (unpaired) electrons. The van der Waals surface area contributed by atoms with Gasteiger partial charge in [-0.2, -0.15) is 0 Å². The number of fused-ring (bicyclic) bond motifs is 3. The van der Waals surface area contributed by atoms with Crippen molar-refractivity contribution in [3.63, 3.8) is 0 Å². The summed E-state index contributed by atoms with van der Waals surface area (Å²) in [4.78, 5) is 154. The van der Waals surface area contributed by atoms with Gasteiger partial charge in [-0.05, 0) is 55.2 Å². The number of hydrogen-bond donors (Lipinski definition) is 15. The van der Waals surface area contributed by atoms with Crippen LogP contribution in [0.15, 0.2) is 91.4 Å². The summed E-state index contributed by atoms with van der Waals surface area (Å²) in [5.41, 5.74) is 9.36. The Labute approximate surface area is 443 Å². The number of nitrogens with one attached hydrogen (secondary N) is 10. The highest BCUT2D eigenvalue weighted by Gasteiger charge is 2.35. The minimum absolute atomic E-state index is 0.143. The predicted molar refractivity (Wildman–Crippen MR) is 278 cm³/mol. The van der Waals surface area contributed by atoms with E-state index in [1.54, 1.807) is 85.2 Å². The maximum Gasteiger partial charge on any atom is 0.325 e. The molecule has 0 saturated heterocycles.